The van der Waals surface area contributed by atoms with Gasteiger partial charge in [-0.3, -0.25) is 4.79 Å². The SMILES string of the molecule is CCc1ccc(C(C)NC(=O)c2ccccc2OCC2CCCO2)cc1. The number of nitrogens with one attached hydrogen (secondary N) is 1. The van der Waals surface area contributed by atoms with E-state index in [-0.39, 0.29) is 18.1 Å². The smallest absolute Gasteiger partial charge is 0.255 e. The van der Waals surface area contributed by atoms with E-state index in [1.165, 1.54) is 5.56 Å². The fourth-order valence-electron chi connectivity index (χ4n) is 3.14. The minimum Gasteiger partial charge on any atom is -0.490 e. The molecule has 4 heteroatoms. The second-order valence-electron chi connectivity index (χ2n) is 6.73. The van der Waals surface area contributed by atoms with Crippen molar-refractivity contribution in [3.63, 3.8) is 0 Å². The first-order valence-electron chi connectivity index (χ1n) is 9.40. The van der Waals surface area contributed by atoms with Crippen molar-refractivity contribution in [2.24, 2.45) is 0 Å². The van der Waals surface area contributed by atoms with Crippen LogP contribution in [0.25, 0.3) is 0 Å². The van der Waals surface area contributed by atoms with E-state index >= 15 is 0 Å². The highest BCUT2D eigenvalue weighted by molar-refractivity contribution is 5.97. The lowest BCUT2D eigenvalue weighted by Crippen LogP contribution is -2.27. The van der Waals surface area contributed by atoms with E-state index in [9.17, 15) is 4.79 Å². The largest absolute Gasteiger partial charge is 0.490 e. The summed E-state index contributed by atoms with van der Waals surface area (Å²) < 4.78 is 11.5. The lowest BCUT2D eigenvalue weighted by atomic mass is 10.0. The summed E-state index contributed by atoms with van der Waals surface area (Å²) in [5.74, 6) is 0.481. The zero-order chi connectivity index (χ0) is 18.4. The second kappa shape index (κ2) is 8.86. The maximum absolute atomic E-state index is 12.7. The van der Waals surface area contributed by atoms with Crippen LogP contribution in [-0.2, 0) is 11.2 Å². The topological polar surface area (TPSA) is 47.6 Å². The summed E-state index contributed by atoms with van der Waals surface area (Å²) in [6.07, 6.45) is 3.22. The fourth-order valence-corrected chi connectivity index (χ4v) is 3.14. The van der Waals surface area contributed by atoms with Gasteiger partial charge in [0.1, 0.15) is 12.4 Å². The Morgan fingerprint density at radius 1 is 1.23 bits per heavy atom. The van der Waals surface area contributed by atoms with Crippen LogP contribution < -0.4 is 10.1 Å². The number of aryl methyl sites for hydroxylation is 1. The van der Waals surface area contributed by atoms with Gasteiger partial charge in [-0.15, -0.1) is 0 Å². The predicted octanol–water partition coefficient (Wildman–Crippen LogP) is 4.30. The van der Waals surface area contributed by atoms with E-state index in [2.05, 4.69) is 36.5 Å². The molecule has 138 valence electrons. The molecule has 0 aliphatic carbocycles. The Labute approximate surface area is 155 Å². The minimum atomic E-state index is -0.125. The summed E-state index contributed by atoms with van der Waals surface area (Å²) in [5, 5.41) is 3.07. The normalized spacial score (nSPS) is 17.7. The third kappa shape index (κ3) is 4.64. The van der Waals surface area contributed by atoms with Crippen LogP contribution in [0.3, 0.4) is 0 Å². The third-order valence-electron chi connectivity index (χ3n) is 4.82. The predicted molar refractivity (Wildman–Crippen MR) is 103 cm³/mol. The lowest BCUT2D eigenvalue weighted by Gasteiger charge is -2.17. The molecular formula is C22H27NO3. The van der Waals surface area contributed by atoms with Crippen LogP contribution in [0.2, 0.25) is 0 Å². The van der Waals surface area contributed by atoms with Crippen molar-refractivity contribution in [3.8, 4) is 5.75 Å². The Kier molecular flexibility index (Phi) is 6.29. The molecule has 2 unspecified atom stereocenters. The number of rotatable bonds is 7. The van der Waals surface area contributed by atoms with Gasteiger partial charge >= 0.3 is 0 Å². The van der Waals surface area contributed by atoms with Crippen LogP contribution in [0.5, 0.6) is 5.75 Å². The fraction of sp³-hybridized carbons (Fsp3) is 0.409. The van der Waals surface area contributed by atoms with Gasteiger partial charge < -0.3 is 14.8 Å². The molecule has 2 aromatic carbocycles. The molecule has 0 aromatic heterocycles. The Morgan fingerprint density at radius 3 is 2.69 bits per heavy atom. The van der Waals surface area contributed by atoms with Gasteiger partial charge in [0.05, 0.1) is 17.7 Å². The van der Waals surface area contributed by atoms with Crippen LogP contribution in [-0.4, -0.2) is 25.2 Å². The molecule has 1 aliphatic rings. The molecule has 1 amide bonds. The number of benzene rings is 2. The van der Waals surface area contributed by atoms with Gasteiger partial charge in [0, 0.05) is 6.61 Å². The standard InChI is InChI=1S/C22H27NO3/c1-3-17-10-12-18(13-11-17)16(2)23-22(24)20-8-4-5-9-21(20)26-15-19-7-6-14-25-19/h4-5,8-13,16,19H,3,6-7,14-15H2,1-2H3,(H,23,24). The van der Waals surface area contributed by atoms with Gasteiger partial charge in [-0.1, -0.05) is 43.3 Å². The first kappa shape index (κ1) is 18.5. The Balaban J connectivity index is 1.64. The average Bonchev–Trinajstić information content (AvgIpc) is 3.20. The van der Waals surface area contributed by atoms with Gasteiger partial charge in [0.2, 0.25) is 0 Å². The molecule has 0 saturated carbocycles. The lowest BCUT2D eigenvalue weighted by molar-refractivity contribution is 0.0670. The molecule has 2 atom stereocenters. The summed E-state index contributed by atoms with van der Waals surface area (Å²) in [6, 6.07) is 15.7. The average molecular weight is 353 g/mol. The van der Waals surface area contributed by atoms with Crippen molar-refractivity contribution in [1.29, 1.82) is 0 Å². The zero-order valence-electron chi connectivity index (χ0n) is 15.5. The van der Waals surface area contributed by atoms with Gasteiger partial charge in [-0.05, 0) is 49.4 Å². The summed E-state index contributed by atoms with van der Waals surface area (Å²) in [6.45, 7) is 5.41. The second-order valence-corrected chi connectivity index (χ2v) is 6.73. The molecule has 1 N–H and O–H groups in total. The highest BCUT2D eigenvalue weighted by Gasteiger charge is 2.19. The van der Waals surface area contributed by atoms with Gasteiger partial charge in [0.15, 0.2) is 0 Å². The van der Waals surface area contributed by atoms with Crippen molar-refractivity contribution < 1.29 is 14.3 Å². The number of para-hydroxylation sites is 1. The Morgan fingerprint density at radius 2 is 2.00 bits per heavy atom. The van der Waals surface area contributed by atoms with Crippen LogP contribution >= 0.6 is 0 Å². The summed E-state index contributed by atoms with van der Waals surface area (Å²) in [5.41, 5.74) is 2.94. The number of hydrogen-bond acceptors (Lipinski definition) is 3. The number of amides is 1. The van der Waals surface area contributed by atoms with Crippen molar-refractivity contribution in [3.05, 3.63) is 65.2 Å². The molecular weight excluding hydrogens is 326 g/mol. The van der Waals surface area contributed by atoms with Crippen molar-refractivity contribution in [2.75, 3.05) is 13.2 Å². The van der Waals surface area contributed by atoms with E-state index in [1.54, 1.807) is 6.07 Å². The summed E-state index contributed by atoms with van der Waals surface area (Å²) in [4.78, 5) is 12.7. The van der Waals surface area contributed by atoms with Crippen LogP contribution in [0.15, 0.2) is 48.5 Å². The highest BCUT2D eigenvalue weighted by atomic mass is 16.5. The van der Waals surface area contributed by atoms with Crippen molar-refractivity contribution >= 4 is 5.91 Å². The van der Waals surface area contributed by atoms with E-state index in [0.717, 1.165) is 31.4 Å². The first-order chi connectivity index (χ1) is 12.7. The molecule has 4 nitrogen and oxygen atoms in total. The molecule has 1 fully saturated rings. The molecule has 0 spiro atoms. The Hall–Kier alpha value is -2.33. The quantitative estimate of drug-likeness (QED) is 0.807. The first-order valence-corrected chi connectivity index (χ1v) is 9.40. The van der Waals surface area contributed by atoms with Crippen LogP contribution in [0.4, 0.5) is 0 Å². The zero-order valence-corrected chi connectivity index (χ0v) is 15.5. The maximum atomic E-state index is 12.7. The van der Waals surface area contributed by atoms with Gasteiger partial charge in [0.25, 0.3) is 5.91 Å². The molecule has 1 saturated heterocycles. The molecule has 2 aromatic rings. The van der Waals surface area contributed by atoms with E-state index in [1.807, 2.05) is 25.1 Å². The van der Waals surface area contributed by atoms with Gasteiger partial charge in [-0.2, -0.15) is 0 Å². The molecule has 1 aliphatic heterocycles. The van der Waals surface area contributed by atoms with Gasteiger partial charge in [-0.25, -0.2) is 0 Å². The van der Waals surface area contributed by atoms with E-state index < -0.39 is 0 Å². The third-order valence-corrected chi connectivity index (χ3v) is 4.82. The molecule has 1 heterocycles. The summed E-state index contributed by atoms with van der Waals surface area (Å²) in [7, 11) is 0. The molecule has 3 rings (SSSR count). The van der Waals surface area contributed by atoms with Crippen molar-refractivity contribution in [2.45, 2.75) is 45.3 Å². The van der Waals surface area contributed by atoms with Crippen molar-refractivity contribution in [1.82, 2.24) is 5.32 Å². The number of hydrogen-bond donors (Lipinski definition) is 1. The number of ether oxygens (including phenoxy) is 2. The van der Waals surface area contributed by atoms with Crippen LogP contribution in [0, 0.1) is 0 Å². The Bertz CT molecular complexity index is 720. The molecule has 26 heavy (non-hydrogen) atoms. The highest BCUT2D eigenvalue weighted by Crippen LogP contribution is 2.22. The minimum absolute atomic E-state index is 0.0698. The van der Waals surface area contributed by atoms with E-state index in [4.69, 9.17) is 9.47 Å². The maximum Gasteiger partial charge on any atom is 0.255 e. The molecule has 0 radical (unpaired) electrons. The van der Waals surface area contributed by atoms with E-state index in [0.29, 0.717) is 17.9 Å². The van der Waals surface area contributed by atoms with Crippen LogP contribution in [0.1, 0.15) is 54.2 Å². The summed E-state index contributed by atoms with van der Waals surface area (Å²) >= 11 is 0. The number of carbonyl (C=O) groups excluding carboxylic acids is 1. The monoisotopic (exact) mass is 353 g/mol. The number of carbonyl (C=O) groups is 1. The molecule has 0 bridgehead atoms.